The zero-order valence-corrected chi connectivity index (χ0v) is 16.0. The number of carbonyl (C=O) groups is 1. The fourth-order valence-electron chi connectivity index (χ4n) is 3.48. The van der Waals surface area contributed by atoms with E-state index in [0.717, 1.165) is 16.8 Å². The summed E-state index contributed by atoms with van der Waals surface area (Å²) >= 11 is 2.28. The normalized spacial score (nSPS) is 27.2. The molecule has 2 heterocycles. The van der Waals surface area contributed by atoms with Gasteiger partial charge in [0.15, 0.2) is 0 Å². The van der Waals surface area contributed by atoms with Crippen molar-refractivity contribution in [2.24, 2.45) is 11.8 Å². The second-order valence-corrected chi connectivity index (χ2v) is 8.77. The second-order valence-electron chi connectivity index (χ2n) is 7.67. The lowest BCUT2D eigenvalue weighted by Gasteiger charge is -2.26. The number of hydrogen-bond donors (Lipinski definition) is 0. The summed E-state index contributed by atoms with van der Waals surface area (Å²) in [6.07, 6.45) is -0.176. The summed E-state index contributed by atoms with van der Waals surface area (Å²) in [6.45, 7) is 11.7. The quantitative estimate of drug-likeness (QED) is 0.691. The van der Waals surface area contributed by atoms with Crippen LogP contribution in [0.1, 0.15) is 52.3 Å². The summed E-state index contributed by atoms with van der Waals surface area (Å²) in [5.74, 6) is 1.69. The number of amides is 1. The van der Waals surface area contributed by atoms with Crippen LogP contribution in [-0.2, 0) is 4.74 Å². The topological polar surface area (TPSA) is 47.4 Å². The van der Waals surface area contributed by atoms with Crippen LogP contribution in [0.3, 0.4) is 0 Å². The van der Waals surface area contributed by atoms with E-state index in [1.807, 2.05) is 25.7 Å². The molecule has 0 aromatic carbocycles. The van der Waals surface area contributed by atoms with Gasteiger partial charge in [-0.05, 0) is 75.1 Å². The molecule has 0 bridgehead atoms. The molecule has 1 aromatic heterocycles. The fourth-order valence-corrected chi connectivity index (χ4v) is 4.03. The monoisotopic (exact) mass is 417 g/mol. The van der Waals surface area contributed by atoms with E-state index in [1.54, 1.807) is 0 Å². The lowest BCUT2D eigenvalue weighted by atomic mass is 10.2. The van der Waals surface area contributed by atoms with Crippen LogP contribution in [0, 0.1) is 15.5 Å². The molecule has 22 heavy (non-hydrogen) atoms. The average Bonchev–Trinajstić information content (AvgIpc) is 2.74. The van der Waals surface area contributed by atoms with Gasteiger partial charge in [0.25, 0.3) is 0 Å². The third-order valence-corrected chi connectivity index (χ3v) is 4.94. The van der Waals surface area contributed by atoms with E-state index in [1.165, 1.54) is 5.69 Å². The molecule has 3 rings (SSSR count). The van der Waals surface area contributed by atoms with Crippen LogP contribution in [0.4, 0.5) is 4.79 Å². The molecule has 6 heteroatoms. The molecule has 3 atom stereocenters. The van der Waals surface area contributed by atoms with Crippen LogP contribution in [-0.4, -0.2) is 39.5 Å². The standard InChI is InChI=1S/C16H24IN3O2/c1-9(2)20-12(6-13(17)18-20)14-10-7-19(8-11(10)14)15(21)22-16(3,4)5/h6,9-11,14H,7-8H2,1-5H3/t10-,11+,14?. The van der Waals surface area contributed by atoms with Gasteiger partial charge < -0.3 is 9.64 Å². The Hall–Kier alpha value is -0.790. The predicted octanol–water partition coefficient (Wildman–Crippen LogP) is 3.65. The predicted molar refractivity (Wildman–Crippen MR) is 92.9 cm³/mol. The largest absolute Gasteiger partial charge is 0.444 e. The van der Waals surface area contributed by atoms with Crippen LogP contribution in [0.25, 0.3) is 0 Å². The van der Waals surface area contributed by atoms with Crippen LogP contribution in [0.5, 0.6) is 0 Å². The molecule has 2 fully saturated rings. The van der Waals surface area contributed by atoms with Gasteiger partial charge in [-0.25, -0.2) is 4.79 Å². The number of nitrogens with zero attached hydrogens (tertiary/aromatic N) is 3. The van der Waals surface area contributed by atoms with Gasteiger partial charge in [0.1, 0.15) is 9.30 Å². The van der Waals surface area contributed by atoms with Gasteiger partial charge in [-0.3, -0.25) is 4.68 Å². The van der Waals surface area contributed by atoms with Gasteiger partial charge in [-0.1, -0.05) is 0 Å². The van der Waals surface area contributed by atoms with Gasteiger partial charge in [0, 0.05) is 30.7 Å². The Morgan fingerprint density at radius 2 is 1.95 bits per heavy atom. The summed E-state index contributed by atoms with van der Waals surface area (Å²) in [5, 5.41) is 4.60. The lowest BCUT2D eigenvalue weighted by Crippen LogP contribution is -2.37. The number of aromatic nitrogens is 2. The van der Waals surface area contributed by atoms with E-state index in [2.05, 4.69) is 52.3 Å². The summed E-state index contributed by atoms with van der Waals surface area (Å²) < 4.78 is 8.66. The van der Waals surface area contributed by atoms with E-state index in [-0.39, 0.29) is 6.09 Å². The summed E-state index contributed by atoms with van der Waals surface area (Å²) in [6, 6.07) is 2.57. The van der Waals surface area contributed by atoms with E-state index in [0.29, 0.717) is 23.8 Å². The SMILES string of the molecule is CC(C)n1nc(I)cc1C1[C@H]2CN(C(=O)OC(C)(C)C)C[C@@H]12. The molecule has 1 unspecified atom stereocenters. The Balaban J connectivity index is 1.65. The highest BCUT2D eigenvalue weighted by molar-refractivity contribution is 14.1. The zero-order chi connectivity index (χ0) is 16.2. The maximum atomic E-state index is 12.1. The molecule has 0 N–H and O–H groups in total. The Kier molecular flexibility index (Phi) is 3.94. The molecule has 0 radical (unpaired) electrons. The van der Waals surface area contributed by atoms with Crippen LogP contribution in [0.2, 0.25) is 0 Å². The first kappa shape index (κ1) is 16.1. The van der Waals surface area contributed by atoms with Crippen LogP contribution in [0.15, 0.2) is 6.07 Å². The molecule has 1 aliphatic heterocycles. The van der Waals surface area contributed by atoms with Crippen molar-refractivity contribution in [2.75, 3.05) is 13.1 Å². The summed E-state index contributed by atoms with van der Waals surface area (Å²) in [4.78, 5) is 14.0. The number of halogens is 1. The number of fused-ring (bicyclic) bond motifs is 1. The van der Waals surface area contributed by atoms with E-state index in [9.17, 15) is 4.79 Å². The smallest absolute Gasteiger partial charge is 0.410 e. The lowest BCUT2D eigenvalue weighted by molar-refractivity contribution is 0.0270. The molecule has 1 amide bonds. The average molecular weight is 417 g/mol. The molecule has 1 saturated heterocycles. The minimum atomic E-state index is -0.421. The molecule has 5 nitrogen and oxygen atoms in total. The van der Waals surface area contributed by atoms with Crippen LogP contribution >= 0.6 is 22.6 Å². The van der Waals surface area contributed by atoms with Crippen molar-refractivity contribution >= 4 is 28.7 Å². The van der Waals surface area contributed by atoms with Crippen molar-refractivity contribution in [3.63, 3.8) is 0 Å². The first-order valence-electron chi connectivity index (χ1n) is 7.90. The number of piperidine rings is 1. The molecule has 1 aliphatic carbocycles. The molecular formula is C16H24IN3O2. The maximum Gasteiger partial charge on any atom is 0.410 e. The van der Waals surface area contributed by atoms with Crippen molar-refractivity contribution in [1.29, 1.82) is 0 Å². The molecule has 2 aliphatic rings. The number of carbonyl (C=O) groups excluding carboxylic acids is 1. The third-order valence-electron chi connectivity index (χ3n) is 4.41. The highest BCUT2D eigenvalue weighted by Gasteiger charge is 2.59. The van der Waals surface area contributed by atoms with E-state index < -0.39 is 5.60 Å². The Morgan fingerprint density at radius 1 is 1.36 bits per heavy atom. The number of ether oxygens (including phenoxy) is 1. The Morgan fingerprint density at radius 3 is 2.45 bits per heavy atom. The number of rotatable bonds is 2. The van der Waals surface area contributed by atoms with Crippen molar-refractivity contribution < 1.29 is 9.53 Å². The summed E-state index contributed by atoms with van der Waals surface area (Å²) in [5.41, 5.74) is 0.911. The highest BCUT2D eigenvalue weighted by Crippen LogP contribution is 2.58. The summed E-state index contributed by atoms with van der Waals surface area (Å²) in [7, 11) is 0. The highest BCUT2D eigenvalue weighted by atomic mass is 127. The number of hydrogen-bond acceptors (Lipinski definition) is 3. The van der Waals surface area contributed by atoms with Gasteiger partial charge >= 0.3 is 6.09 Å². The van der Waals surface area contributed by atoms with Crippen molar-refractivity contribution in [3.8, 4) is 0 Å². The van der Waals surface area contributed by atoms with Crippen LogP contribution < -0.4 is 0 Å². The molecule has 1 aromatic rings. The van der Waals surface area contributed by atoms with Gasteiger partial charge in [0.05, 0.1) is 0 Å². The molecule has 122 valence electrons. The first-order chi connectivity index (χ1) is 10.2. The Labute approximate surface area is 145 Å². The number of likely N-dealkylation sites (tertiary alicyclic amines) is 1. The molecule has 0 spiro atoms. The van der Waals surface area contributed by atoms with Crippen molar-refractivity contribution in [1.82, 2.24) is 14.7 Å². The minimum Gasteiger partial charge on any atom is -0.444 e. The fraction of sp³-hybridized carbons (Fsp3) is 0.750. The van der Waals surface area contributed by atoms with Crippen molar-refractivity contribution in [2.45, 2.75) is 52.2 Å². The first-order valence-corrected chi connectivity index (χ1v) is 8.98. The maximum absolute atomic E-state index is 12.1. The molecular weight excluding hydrogens is 393 g/mol. The van der Waals surface area contributed by atoms with E-state index in [4.69, 9.17) is 4.74 Å². The minimum absolute atomic E-state index is 0.176. The van der Waals surface area contributed by atoms with Gasteiger partial charge in [-0.15, -0.1) is 0 Å². The zero-order valence-electron chi connectivity index (χ0n) is 13.8. The van der Waals surface area contributed by atoms with Crippen molar-refractivity contribution in [3.05, 3.63) is 15.5 Å². The van der Waals surface area contributed by atoms with E-state index >= 15 is 0 Å². The van der Waals surface area contributed by atoms with Gasteiger partial charge in [-0.2, -0.15) is 5.10 Å². The third kappa shape index (κ3) is 2.98. The second kappa shape index (κ2) is 5.39. The Bertz CT molecular complexity index is 579. The van der Waals surface area contributed by atoms with Gasteiger partial charge in [0.2, 0.25) is 0 Å². The molecule has 1 saturated carbocycles.